The van der Waals surface area contributed by atoms with E-state index >= 15 is 0 Å². The average Bonchev–Trinajstić information content (AvgIpc) is 2.89. The summed E-state index contributed by atoms with van der Waals surface area (Å²) in [6, 6.07) is 7.20. The first-order valence-corrected chi connectivity index (χ1v) is 8.03. The molecular formula is C15H13Cl2NOS. The second-order valence-corrected chi connectivity index (χ2v) is 6.70. The molecule has 1 aromatic heterocycles. The fraction of sp³-hybridized carbons (Fsp3) is 0.267. The number of Topliss-reactive ketones (excluding diaryl/α,β-unsaturated/α-hetero) is 1. The average molecular weight is 326 g/mol. The monoisotopic (exact) mass is 325 g/mol. The van der Waals surface area contributed by atoms with Gasteiger partial charge in [-0.15, -0.1) is 11.3 Å². The number of carbonyl (C=O) groups excluding carboxylic acids is 1. The van der Waals surface area contributed by atoms with Crippen LogP contribution in [0.2, 0.25) is 10.0 Å². The molecule has 0 fully saturated rings. The Kier molecular flexibility index (Phi) is 4.13. The van der Waals surface area contributed by atoms with E-state index in [-0.39, 0.29) is 5.78 Å². The summed E-state index contributed by atoms with van der Waals surface area (Å²) in [7, 11) is 0. The molecule has 0 atom stereocenters. The Hall–Kier alpha value is -0.870. The van der Waals surface area contributed by atoms with Gasteiger partial charge in [-0.1, -0.05) is 23.2 Å². The largest absolute Gasteiger partial charge is 0.293 e. The van der Waals surface area contributed by atoms with Crippen molar-refractivity contribution in [2.45, 2.75) is 13.0 Å². The van der Waals surface area contributed by atoms with Crippen LogP contribution in [0, 0.1) is 0 Å². The van der Waals surface area contributed by atoms with Crippen LogP contribution in [-0.4, -0.2) is 23.8 Å². The lowest BCUT2D eigenvalue weighted by atomic mass is 10.1. The van der Waals surface area contributed by atoms with Gasteiger partial charge in [0.2, 0.25) is 0 Å². The molecule has 2 heterocycles. The van der Waals surface area contributed by atoms with Crippen molar-refractivity contribution in [3.05, 3.63) is 55.7 Å². The molecule has 0 N–H and O–H groups in total. The number of rotatable bonds is 3. The molecule has 0 spiro atoms. The maximum absolute atomic E-state index is 12.3. The summed E-state index contributed by atoms with van der Waals surface area (Å²) in [5.41, 5.74) is 1.97. The van der Waals surface area contributed by atoms with Crippen molar-refractivity contribution >= 4 is 40.3 Å². The SMILES string of the molecule is O=C(CN1CCc2sccc2C1)c1ccc(Cl)c(Cl)c1. The highest BCUT2D eigenvalue weighted by molar-refractivity contribution is 7.10. The number of hydrogen-bond acceptors (Lipinski definition) is 3. The molecule has 1 aromatic carbocycles. The third-order valence-electron chi connectivity index (χ3n) is 3.50. The second kappa shape index (κ2) is 5.86. The topological polar surface area (TPSA) is 20.3 Å². The first-order valence-electron chi connectivity index (χ1n) is 6.39. The number of carbonyl (C=O) groups is 1. The third kappa shape index (κ3) is 2.91. The summed E-state index contributed by atoms with van der Waals surface area (Å²) in [5, 5.41) is 3.02. The summed E-state index contributed by atoms with van der Waals surface area (Å²) in [6.45, 7) is 2.21. The van der Waals surface area contributed by atoms with Crippen molar-refractivity contribution in [3.63, 3.8) is 0 Å². The Bertz CT molecular complexity index is 653. The molecule has 1 aliphatic rings. The van der Waals surface area contributed by atoms with E-state index in [0.29, 0.717) is 22.2 Å². The zero-order chi connectivity index (χ0) is 14.1. The molecule has 0 unspecified atom stereocenters. The standard InChI is InChI=1S/C15H13Cl2NOS/c16-12-2-1-10(7-13(12)17)14(19)9-18-5-3-15-11(8-18)4-6-20-15/h1-2,4,6-7H,3,5,8-9H2. The molecule has 0 aliphatic carbocycles. The van der Waals surface area contributed by atoms with Crippen molar-refractivity contribution in [2.75, 3.05) is 13.1 Å². The van der Waals surface area contributed by atoms with Crippen LogP contribution in [0.3, 0.4) is 0 Å². The molecule has 2 nitrogen and oxygen atoms in total. The summed E-state index contributed by atoms with van der Waals surface area (Å²) < 4.78 is 0. The van der Waals surface area contributed by atoms with E-state index in [4.69, 9.17) is 23.2 Å². The van der Waals surface area contributed by atoms with Crippen molar-refractivity contribution in [2.24, 2.45) is 0 Å². The molecule has 5 heteroatoms. The molecule has 2 aromatic rings. The Morgan fingerprint density at radius 2 is 2.10 bits per heavy atom. The van der Waals surface area contributed by atoms with Crippen molar-refractivity contribution in [1.29, 1.82) is 0 Å². The molecule has 20 heavy (non-hydrogen) atoms. The van der Waals surface area contributed by atoms with E-state index in [9.17, 15) is 4.79 Å². The lowest BCUT2D eigenvalue weighted by molar-refractivity contribution is 0.0922. The van der Waals surface area contributed by atoms with E-state index in [2.05, 4.69) is 16.3 Å². The van der Waals surface area contributed by atoms with Gasteiger partial charge in [0.1, 0.15) is 0 Å². The highest BCUT2D eigenvalue weighted by Gasteiger charge is 2.20. The van der Waals surface area contributed by atoms with Gasteiger partial charge < -0.3 is 0 Å². The van der Waals surface area contributed by atoms with Gasteiger partial charge in [0.25, 0.3) is 0 Å². The van der Waals surface area contributed by atoms with Crippen LogP contribution in [0.15, 0.2) is 29.6 Å². The van der Waals surface area contributed by atoms with Gasteiger partial charge in [0, 0.05) is 23.5 Å². The maximum Gasteiger partial charge on any atom is 0.176 e. The van der Waals surface area contributed by atoms with Crippen LogP contribution in [-0.2, 0) is 13.0 Å². The van der Waals surface area contributed by atoms with E-state index < -0.39 is 0 Å². The van der Waals surface area contributed by atoms with Gasteiger partial charge in [-0.2, -0.15) is 0 Å². The smallest absolute Gasteiger partial charge is 0.176 e. The Labute approximate surface area is 131 Å². The fourth-order valence-electron chi connectivity index (χ4n) is 2.41. The minimum absolute atomic E-state index is 0.0854. The molecule has 104 valence electrons. The molecule has 0 bridgehead atoms. The van der Waals surface area contributed by atoms with Gasteiger partial charge in [0.15, 0.2) is 5.78 Å². The zero-order valence-corrected chi connectivity index (χ0v) is 13.1. The summed E-state index contributed by atoms with van der Waals surface area (Å²) >= 11 is 13.6. The van der Waals surface area contributed by atoms with Crippen LogP contribution in [0.25, 0.3) is 0 Å². The van der Waals surface area contributed by atoms with Crippen LogP contribution in [0.5, 0.6) is 0 Å². The third-order valence-corrected chi connectivity index (χ3v) is 5.26. The Morgan fingerprint density at radius 1 is 1.25 bits per heavy atom. The van der Waals surface area contributed by atoms with Gasteiger partial charge in [-0.05, 0) is 41.6 Å². The number of hydrogen-bond donors (Lipinski definition) is 0. The van der Waals surface area contributed by atoms with E-state index in [0.717, 1.165) is 19.5 Å². The first kappa shape index (κ1) is 14.1. The number of fused-ring (bicyclic) bond motifs is 1. The number of halogens is 2. The predicted octanol–water partition coefficient (Wildman–Crippen LogP) is 4.30. The molecule has 1 aliphatic heterocycles. The number of benzene rings is 1. The van der Waals surface area contributed by atoms with Crippen molar-refractivity contribution in [1.82, 2.24) is 4.90 Å². The molecular weight excluding hydrogens is 313 g/mol. The quantitative estimate of drug-likeness (QED) is 0.784. The predicted molar refractivity (Wildman–Crippen MR) is 84.1 cm³/mol. The minimum atomic E-state index is 0.0854. The molecule has 3 rings (SSSR count). The van der Waals surface area contributed by atoms with Crippen LogP contribution in [0.4, 0.5) is 0 Å². The number of ketones is 1. The van der Waals surface area contributed by atoms with Crippen LogP contribution < -0.4 is 0 Å². The molecule has 0 amide bonds. The molecule has 0 saturated heterocycles. The van der Waals surface area contributed by atoms with Gasteiger partial charge in [-0.3, -0.25) is 9.69 Å². The Balaban J connectivity index is 1.69. The number of thiophene rings is 1. The van der Waals surface area contributed by atoms with Gasteiger partial charge in [-0.25, -0.2) is 0 Å². The van der Waals surface area contributed by atoms with Gasteiger partial charge >= 0.3 is 0 Å². The first-order chi connectivity index (χ1) is 9.63. The van der Waals surface area contributed by atoms with Crippen molar-refractivity contribution < 1.29 is 4.79 Å². The normalized spacial score (nSPS) is 15.1. The van der Waals surface area contributed by atoms with Gasteiger partial charge in [0.05, 0.1) is 16.6 Å². The minimum Gasteiger partial charge on any atom is -0.293 e. The van der Waals surface area contributed by atoms with Crippen LogP contribution in [0.1, 0.15) is 20.8 Å². The highest BCUT2D eigenvalue weighted by Crippen LogP contribution is 2.25. The summed E-state index contributed by atoms with van der Waals surface area (Å²) in [4.78, 5) is 15.9. The second-order valence-electron chi connectivity index (χ2n) is 4.88. The number of nitrogens with zero attached hydrogens (tertiary/aromatic N) is 1. The van der Waals surface area contributed by atoms with E-state index in [1.165, 1.54) is 10.4 Å². The highest BCUT2D eigenvalue weighted by atomic mass is 35.5. The van der Waals surface area contributed by atoms with E-state index in [1.807, 2.05) is 0 Å². The lowest BCUT2D eigenvalue weighted by Gasteiger charge is -2.26. The maximum atomic E-state index is 12.3. The summed E-state index contributed by atoms with van der Waals surface area (Å²) in [5.74, 6) is 0.0854. The van der Waals surface area contributed by atoms with Crippen LogP contribution >= 0.6 is 34.5 Å². The summed E-state index contributed by atoms with van der Waals surface area (Å²) in [6.07, 6.45) is 1.03. The fourth-order valence-corrected chi connectivity index (χ4v) is 3.59. The molecule has 0 saturated carbocycles. The lowest BCUT2D eigenvalue weighted by Crippen LogP contribution is -2.34. The van der Waals surface area contributed by atoms with E-state index in [1.54, 1.807) is 29.5 Å². The molecule has 0 radical (unpaired) electrons. The Morgan fingerprint density at radius 3 is 2.90 bits per heavy atom. The zero-order valence-electron chi connectivity index (χ0n) is 10.7. The van der Waals surface area contributed by atoms with Crippen molar-refractivity contribution in [3.8, 4) is 0 Å².